The maximum Gasteiger partial charge on any atom is 0.116 e. The zero-order valence-corrected chi connectivity index (χ0v) is 8.21. The molecule has 0 aromatic carbocycles. The molecule has 0 aromatic heterocycles. The number of alkyl halides is 1. The molecule has 0 unspecified atom stereocenters. The molecule has 2 fully saturated rings. The predicted octanol–water partition coefficient (Wildman–Crippen LogP) is 1.46. The van der Waals surface area contributed by atoms with Crippen molar-refractivity contribution in [1.29, 1.82) is 0 Å². The number of ether oxygens (including phenoxy) is 1. The lowest BCUT2D eigenvalue weighted by Crippen LogP contribution is -2.54. The Morgan fingerprint density at radius 2 is 2.23 bits per heavy atom. The Morgan fingerprint density at radius 1 is 1.46 bits per heavy atom. The topological polar surface area (TPSA) is 12.5 Å². The molecule has 2 aliphatic rings. The normalized spacial score (nSPS) is 37.4. The molecule has 0 bridgehead atoms. The zero-order valence-electron chi connectivity index (χ0n) is 8.21. The second-order valence-electron chi connectivity index (χ2n) is 4.16. The van der Waals surface area contributed by atoms with Crippen molar-refractivity contribution in [2.75, 3.05) is 26.3 Å². The van der Waals surface area contributed by atoms with Gasteiger partial charge in [-0.25, -0.2) is 4.39 Å². The van der Waals surface area contributed by atoms with Gasteiger partial charge in [-0.05, 0) is 18.9 Å². The Labute approximate surface area is 79.1 Å². The molecule has 76 valence electrons. The average Bonchev–Trinajstić information content (AvgIpc) is 2.01. The molecule has 2 aliphatic heterocycles. The van der Waals surface area contributed by atoms with Gasteiger partial charge in [0, 0.05) is 6.54 Å². The van der Waals surface area contributed by atoms with Crippen LogP contribution in [0.25, 0.3) is 0 Å². The van der Waals surface area contributed by atoms with Crippen LogP contribution in [0, 0.1) is 5.92 Å². The van der Waals surface area contributed by atoms with Gasteiger partial charge in [-0.1, -0.05) is 13.3 Å². The Bertz CT molecular complexity index is 172. The Hall–Kier alpha value is -0.150. The van der Waals surface area contributed by atoms with Crippen LogP contribution in [0.4, 0.5) is 4.39 Å². The van der Waals surface area contributed by atoms with E-state index in [0.717, 1.165) is 32.6 Å². The summed E-state index contributed by atoms with van der Waals surface area (Å²) in [5, 5.41) is 0. The SMILES string of the molecule is CC[C@@H]1CCN(C2COC2)C[C@@H]1F. The molecule has 2 saturated heterocycles. The van der Waals surface area contributed by atoms with E-state index in [2.05, 4.69) is 11.8 Å². The van der Waals surface area contributed by atoms with E-state index in [-0.39, 0.29) is 0 Å². The molecule has 0 aliphatic carbocycles. The second-order valence-corrected chi connectivity index (χ2v) is 4.16. The average molecular weight is 187 g/mol. The molecule has 2 nitrogen and oxygen atoms in total. The summed E-state index contributed by atoms with van der Waals surface area (Å²) in [4.78, 5) is 2.25. The van der Waals surface area contributed by atoms with Crippen LogP contribution in [0.15, 0.2) is 0 Å². The van der Waals surface area contributed by atoms with E-state index in [1.165, 1.54) is 0 Å². The predicted molar refractivity (Wildman–Crippen MR) is 49.5 cm³/mol. The van der Waals surface area contributed by atoms with Crippen molar-refractivity contribution in [3.05, 3.63) is 0 Å². The van der Waals surface area contributed by atoms with Crippen molar-refractivity contribution >= 4 is 0 Å². The molecule has 3 heteroatoms. The van der Waals surface area contributed by atoms with Crippen LogP contribution in [0.3, 0.4) is 0 Å². The quantitative estimate of drug-likeness (QED) is 0.649. The first-order chi connectivity index (χ1) is 6.31. The smallest absolute Gasteiger partial charge is 0.116 e. The molecule has 0 amide bonds. The Balaban J connectivity index is 1.83. The van der Waals surface area contributed by atoms with Crippen molar-refractivity contribution in [1.82, 2.24) is 4.90 Å². The maximum atomic E-state index is 13.5. The van der Waals surface area contributed by atoms with Gasteiger partial charge < -0.3 is 4.74 Å². The van der Waals surface area contributed by atoms with E-state index in [1.807, 2.05) is 0 Å². The van der Waals surface area contributed by atoms with Crippen LogP contribution >= 0.6 is 0 Å². The summed E-state index contributed by atoms with van der Waals surface area (Å²) in [7, 11) is 0. The molecule has 2 atom stereocenters. The number of halogens is 1. The van der Waals surface area contributed by atoms with Gasteiger partial charge in [0.1, 0.15) is 6.17 Å². The molecule has 0 spiro atoms. The Morgan fingerprint density at radius 3 is 2.69 bits per heavy atom. The summed E-state index contributed by atoms with van der Waals surface area (Å²) in [6.45, 7) is 5.39. The summed E-state index contributed by atoms with van der Waals surface area (Å²) < 4.78 is 18.6. The van der Waals surface area contributed by atoms with Gasteiger partial charge in [0.2, 0.25) is 0 Å². The van der Waals surface area contributed by atoms with Gasteiger partial charge in [0.05, 0.1) is 19.3 Å². The first kappa shape index (κ1) is 9.41. The van der Waals surface area contributed by atoms with Gasteiger partial charge in [0.15, 0.2) is 0 Å². The highest BCUT2D eigenvalue weighted by Gasteiger charge is 2.34. The van der Waals surface area contributed by atoms with Gasteiger partial charge in [-0.3, -0.25) is 4.90 Å². The van der Waals surface area contributed by atoms with E-state index < -0.39 is 6.17 Å². The maximum absolute atomic E-state index is 13.5. The van der Waals surface area contributed by atoms with Crippen molar-refractivity contribution in [3.8, 4) is 0 Å². The highest BCUT2D eigenvalue weighted by molar-refractivity contribution is 4.86. The third-order valence-corrected chi connectivity index (χ3v) is 3.37. The minimum Gasteiger partial charge on any atom is -0.378 e. The lowest BCUT2D eigenvalue weighted by atomic mass is 9.91. The zero-order chi connectivity index (χ0) is 9.26. The standard InChI is InChI=1S/C10H18FNO/c1-2-8-3-4-12(5-10(8)11)9-6-13-7-9/h8-10H,2-7H2,1H3/t8-,10+/m1/s1. The first-order valence-corrected chi connectivity index (χ1v) is 5.27. The minimum atomic E-state index is -0.612. The number of hydrogen-bond donors (Lipinski definition) is 0. The lowest BCUT2D eigenvalue weighted by molar-refractivity contribution is -0.0855. The molecular weight excluding hydrogens is 169 g/mol. The van der Waals surface area contributed by atoms with Gasteiger partial charge >= 0.3 is 0 Å². The summed E-state index contributed by atoms with van der Waals surface area (Å²) >= 11 is 0. The number of hydrogen-bond acceptors (Lipinski definition) is 2. The van der Waals surface area contributed by atoms with Crippen LogP contribution in [0.1, 0.15) is 19.8 Å². The van der Waals surface area contributed by atoms with Crippen LogP contribution < -0.4 is 0 Å². The van der Waals surface area contributed by atoms with Crippen LogP contribution in [-0.4, -0.2) is 43.4 Å². The third kappa shape index (κ3) is 1.86. The van der Waals surface area contributed by atoms with Crippen molar-refractivity contribution in [2.45, 2.75) is 32.0 Å². The van der Waals surface area contributed by atoms with Crippen LogP contribution in [-0.2, 0) is 4.74 Å². The highest BCUT2D eigenvalue weighted by atomic mass is 19.1. The molecule has 2 rings (SSSR count). The fraction of sp³-hybridized carbons (Fsp3) is 1.00. The van der Waals surface area contributed by atoms with E-state index in [4.69, 9.17) is 4.74 Å². The molecule has 0 radical (unpaired) electrons. The van der Waals surface area contributed by atoms with Crippen molar-refractivity contribution < 1.29 is 9.13 Å². The fourth-order valence-corrected chi connectivity index (χ4v) is 2.20. The van der Waals surface area contributed by atoms with Crippen molar-refractivity contribution in [2.24, 2.45) is 5.92 Å². The molecule has 2 heterocycles. The van der Waals surface area contributed by atoms with Crippen molar-refractivity contribution in [3.63, 3.8) is 0 Å². The highest BCUT2D eigenvalue weighted by Crippen LogP contribution is 2.26. The second kappa shape index (κ2) is 3.93. The van der Waals surface area contributed by atoms with E-state index in [1.54, 1.807) is 0 Å². The van der Waals surface area contributed by atoms with Crippen LogP contribution in [0.2, 0.25) is 0 Å². The number of rotatable bonds is 2. The molecule has 0 N–H and O–H groups in total. The number of nitrogens with zero attached hydrogens (tertiary/aromatic N) is 1. The fourth-order valence-electron chi connectivity index (χ4n) is 2.20. The summed E-state index contributed by atoms with van der Waals surface area (Å²) in [6, 6.07) is 0.510. The monoisotopic (exact) mass is 187 g/mol. The summed E-state index contributed by atoms with van der Waals surface area (Å²) in [5.41, 5.74) is 0. The van der Waals surface area contributed by atoms with Gasteiger partial charge in [-0.2, -0.15) is 0 Å². The number of likely N-dealkylation sites (tertiary alicyclic amines) is 1. The largest absolute Gasteiger partial charge is 0.378 e. The Kier molecular flexibility index (Phi) is 2.84. The van der Waals surface area contributed by atoms with Gasteiger partial charge in [0.25, 0.3) is 0 Å². The lowest BCUT2D eigenvalue weighted by Gasteiger charge is -2.42. The molecule has 13 heavy (non-hydrogen) atoms. The first-order valence-electron chi connectivity index (χ1n) is 5.27. The summed E-state index contributed by atoms with van der Waals surface area (Å²) in [5.74, 6) is 0.303. The third-order valence-electron chi connectivity index (χ3n) is 3.37. The summed E-state index contributed by atoms with van der Waals surface area (Å²) in [6.07, 6.45) is 1.39. The van der Waals surface area contributed by atoms with E-state index in [0.29, 0.717) is 18.5 Å². The number of piperidine rings is 1. The molecule has 0 saturated carbocycles. The van der Waals surface area contributed by atoms with Crippen LogP contribution in [0.5, 0.6) is 0 Å². The van der Waals surface area contributed by atoms with E-state index >= 15 is 0 Å². The van der Waals surface area contributed by atoms with E-state index in [9.17, 15) is 4.39 Å². The molecular formula is C10H18FNO. The molecule has 0 aromatic rings. The minimum absolute atomic E-state index is 0.303. The van der Waals surface area contributed by atoms with Gasteiger partial charge in [-0.15, -0.1) is 0 Å².